The Hall–Kier alpha value is -0.450. The second-order valence-corrected chi connectivity index (χ2v) is 7.44. The molecule has 0 amide bonds. The molecule has 4 heteroatoms. The predicted molar refractivity (Wildman–Crippen MR) is 87.8 cm³/mol. The molecule has 1 aromatic rings. The van der Waals surface area contributed by atoms with Crippen molar-refractivity contribution in [1.82, 2.24) is 10.2 Å². The number of nitrogens with one attached hydrogen (secondary N) is 1. The average Bonchev–Trinajstić information content (AvgIpc) is 2.91. The summed E-state index contributed by atoms with van der Waals surface area (Å²) in [5.41, 5.74) is 1.53. The molecule has 0 bridgehead atoms. The van der Waals surface area contributed by atoms with E-state index in [-0.39, 0.29) is 5.82 Å². The molecule has 1 aliphatic carbocycles. The lowest BCUT2D eigenvalue weighted by atomic mass is 9.91. The molecule has 0 radical (unpaired) electrons. The molecule has 1 spiro atoms. The standard InChI is InChI=1S/C17H24BrFN2/c1-2-14-10-20-17(7-3-4-8-17)12-21(14)11-13-5-6-16(19)15(18)9-13/h5-6,9,14,20H,2-4,7-8,10-12H2,1H3. The van der Waals surface area contributed by atoms with Crippen LogP contribution in [0.1, 0.15) is 44.6 Å². The van der Waals surface area contributed by atoms with Crippen molar-refractivity contribution in [3.8, 4) is 0 Å². The van der Waals surface area contributed by atoms with Gasteiger partial charge in [0.1, 0.15) is 5.82 Å². The maximum absolute atomic E-state index is 13.4. The highest BCUT2D eigenvalue weighted by molar-refractivity contribution is 9.10. The molecule has 2 aliphatic rings. The summed E-state index contributed by atoms with van der Waals surface area (Å²) in [6.45, 7) is 5.38. The summed E-state index contributed by atoms with van der Waals surface area (Å²) in [5.74, 6) is -0.182. The minimum atomic E-state index is -0.182. The van der Waals surface area contributed by atoms with Gasteiger partial charge in [0.05, 0.1) is 4.47 Å². The minimum Gasteiger partial charge on any atom is -0.308 e. The van der Waals surface area contributed by atoms with Gasteiger partial charge >= 0.3 is 0 Å². The van der Waals surface area contributed by atoms with Crippen molar-refractivity contribution in [2.75, 3.05) is 13.1 Å². The first-order chi connectivity index (χ1) is 10.1. The van der Waals surface area contributed by atoms with E-state index in [1.165, 1.54) is 31.2 Å². The van der Waals surface area contributed by atoms with Crippen LogP contribution in [0.25, 0.3) is 0 Å². The average molecular weight is 355 g/mol. The van der Waals surface area contributed by atoms with Crippen LogP contribution in [0.5, 0.6) is 0 Å². The van der Waals surface area contributed by atoms with Gasteiger partial charge in [0, 0.05) is 31.2 Å². The fourth-order valence-electron chi connectivity index (χ4n) is 3.88. The first-order valence-electron chi connectivity index (χ1n) is 8.05. The van der Waals surface area contributed by atoms with Crippen LogP contribution in [0.2, 0.25) is 0 Å². The lowest BCUT2D eigenvalue weighted by Gasteiger charge is -2.46. The van der Waals surface area contributed by atoms with E-state index in [0.29, 0.717) is 16.1 Å². The Kier molecular flexibility index (Phi) is 4.67. The molecule has 1 atom stereocenters. The van der Waals surface area contributed by atoms with Crippen molar-refractivity contribution < 1.29 is 4.39 Å². The molecule has 1 saturated heterocycles. The van der Waals surface area contributed by atoms with E-state index >= 15 is 0 Å². The number of halogens is 2. The highest BCUT2D eigenvalue weighted by atomic mass is 79.9. The Labute approximate surface area is 135 Å². The summed E-state index contributed by atoms with van der Waals surface area (Å²) in [6, 6.07) is 5.98. The van der Waals surface area contributed by atoms with Crippen molar-refractivity contribution in [2.45, 2.75) is 57.2 Å². The molecule has 1 N–H and O–H groups in total. The summed E-state index contributed by atoms with van der Waals surface area (Å²) in [6.07, 6.45) is 6.45. The van der Waals surface area contributed by atoms with E-state index in [2.05, 4.69) is 33.1 Å². The second kappa shape index (κ2) is 6.35. The number of piperazine rings is 1. The van der Waals surface area contributed by atoms with E-state index in [1.807, 2.05) is 12.1 Å². The van der Waals surface area contributed by atoms with Crippen LogP contribution in [0.3, 0.4) is 0 Å². The van der Waals surface area contributed by atoms with Gasteiger partial charge in [-0.1, -0.05) is 25.8 Å². The van der Waals surface area contributed by atoms with E-state index < -0.39 is 0 Å². The van der Waals surface area contributed by atoms with Crippen molar-refractivity contribution in [1.29, 1.82) is 0 Å². The first kappa shape index (κ1) is 15.4. The SMILES string of the molecule is CCC1CNC2(CCCC2)CN1Cc1ccc(F)c(Br)c1. The first-order valence-corrected chi connectivity index (χ1v) is 8.84. The molecule has 0 aromatic heterocycles. The Morgan fingerprint density at radius 3 is 2.81 bits per heavy atom. The quantitative estimate of drug-likeness (QED) is 0.879. The third-order valence-corrected chi connectivity index (χ3v) is 5.74. The Morgan fingerprint density at radius 1 is 1.38 bits per heavy atom. The van der Waals surface area contributed by atoms with Gasteiger partial charge in [0.2, 0.25) is 0 Å². The largest absolute Gasteiger partial charge is 0.308 e. The molecule has 1 saturated carbocycles. The van der Waals surface area contributed by atoms with E-state index in [0.717, 1.165) is 26.1 Å². The van der Waals surface area contributed by atoms with Crippen LogP contribution in [0.4, 0.5) is 4.39 Å². The lowest BCUT2D eigenvalue weighted by molar-refractivity contribution is 0.0718. The minimum absolute atomic E-state index is 0.182. The zero-order valence-corrected chi connectivity index (χ0v) is 14.3. The number of nitrogens with zero attached hydrogens (tertiary/aromatic N) is 1. The van der Waals surface area contributed by atoms with Crippen molar-refractivity contribution in [3.63, 3.8) is 0 Å². The fourth-order valence-corrected chi connectivity index (χ4v) is 4.31. The van der Waals surface area contributed by atoms with Crippen LogP contribution in [0.15, 0.2) is 22.7 Å². The lowest BCUT2D eigenvalue weighted by Crippen LogP contribution is -2.62. The van der Waals surface area contributed by atoms with Gasteiger partial charge in [-0.15, -0.1) is 0 Å². The molecule has 21 heavy (non-hydrogen) atoms. The summed E-state index contributed by atoms with van der Waals surface area (Å²) < 4.78 is 14.0. The number of rotatable bonds is 3. The van der Waals surface area contributed by atoms with Crippen molar-refractivity contribution >= 4 is 15.9 Å². The highest BCUT2D eigenvalue weighted by Gasteiger charge is 2.40. The van der Waals surface area contributed by atoms with Gasteiger partial charge < -0.3 is 5.32 Å². The number of benzene rings is 1. The third-order valence-electron chi connectivity index (χ3n) is 5.14. The third kappa shape index (κ3) is 3.33. The molecule has 116 valence electrons. The van der Waals surface area contributed by atoms with Crippen LogP contribution < -0.4 is 5.32 Å². The monoisotopic (exact) mass is 354 g/mol. The smallest absolute Gasteiger partial charge is 0.137 e. The molecular formula is C17H24BrFN2. The van der Waals surface area contributed by atoms with Gasteiger partial charge in [-0.3, -0.25) is 4.90 Å². The van der Waals surface area contributed by atoms with Gasteiger partial charge in [0.25, 0.3) is 0 Å². The summed E-state index contributed by atoms with van der Waals surface area (Å²) in [7, 11) is 0. The van der Waals surface area contributed by atoms with E-state index in [4.69, 9.17) is 0 Å². The van der Waals surface area contributed by atoms with E-state index in [1.54, 1.807) is 6.07 Å². The summed E-state index contributed by atoms with van der Waals surface area (Å²) in [5, 5.41) is 3.82. The Balaban J connectivity index is 1.75. The molecule has 2 nitrogen and oxygen atoms in total. The molecule has 1 heterocycles. The van der Waals surface area contributed by atoms with Crippen LogP contribution in [-0.2, 0) is 6.54 Å². The van der Waals surface area contributed by atoms with E-state index in [9.17, 15) is 4.39 Å². The Morgan fingerprint density at radius 2 is 2.14 bits per heavy atom. The normalized spacial score (nSPS) is 25.6. The number of hydrogen-bond donors (Lipinski definition) is 1. The van der Waals surface area contributed by atoms with Gasteiger partial charge in [0.15, 0.2) is 0 Å². The van der Waals surface area contributed by atoms with Crippen LogP contribution in [0, 0.1) is 5.82 Å². The molecular weight excluding hydrogens is 331 g/mol. The van der Waals surface area contributed by atoms with Crippen molar-refractivity contribution in [2.24, 2.45) is 0 Å². The molecule has 1 aromatic carbocycles. The fraction of sp³-hybridized carbons (Fsp3) is 0.647. The summed E-state index contributed by atoms with van der Waals surface area (Å²) >= 11 is 3.30. The van der Waals surface area contributed by atoms with Crippen LogP contribution >= 0.6 is 15.9 Å². The Bertz CT molecular complexity index is 500. The van der Waals surface area contributed by atoms with Crippen molar-refractivity contribution in [3.05, 3.63) is 34.1 Å². The molecule has 1 unspecified atom stereocenters. The second-order valence-electron chi connectivity index (χ2n) is 6.58. The predicted octanol–water partition coefficient (Wildman–Crippen LogP) is 4.08. The maximum Gasteiger partial charge on any atom is 0.137 e. The van der Waals surface area contributed by atoms with Gasteiger partial charge in [-0.2, -0.15) is 0 Å². The zero-order chi connectivity index (χ0) is 14.9. The van der Waals surface area contributed by atoms with Gasteiger partial charge in [-0.25, -0.2) is 4.39 Å². The van der Waals surface area contributed by atoms with Crippen LogP contribution in [-0.4, -0.2) is 29.6 Å². The zero-order valence-electron chi connectivity index (χ0n) is 12.7. The maximum atomic E-state index is 13.4. The highest BCUT2D eigenvalue weighted by Crippen LogP contribution is 2.34. The molecule has 2 fully saturated rings. The summed E-state index contributed by atoms with van der Waals surface area (Å²) in [4.78, 5) is 2.60. The number of hydrogen-bond acceptors (Lipinski definition) is 2. The van der Waals surface area contributed by atoms with Gasteiger partial charge in [-0.05, 0) is 52.9 Å². The molecule has 3 rings (SSSR count). The molecule has 1 aliphatic heterocycles. The topological polar surface area (TPSA) is 15.3 Å².